The summed E-state index contributed by atoms with van der Waals surface area (Å²) >= 11 is 5.31. The standard InChI is InChI=1S/C17H17BrOS/c1-12-6-7-16-13(10-12)11-15(19-9-8-18)14-4-2-3-5-17(14)20-16/h2-7,10,15H,8-9,11H2,1H3. The van der Waals surface area contributed by atoms with Crippen molar-refractivity contribution in [3.63, 3.8) is 0 Å². The van der Waals surface area contributed by atoms with Crippen molar-refractivity contribution in [1.29, 1.82) is 0 Å². The van der Waals surface area contributed by atoms with Crippen molar-refractivity contribution in [2.45, 2.75) is 29.2 Å². The van der Waals surface area contributed by atoms with Crippen LogP contribution in [0.3, 0.4) is 0 Å². The van der Waals surface area contributed by atoms with Crippen LogP contribution in [0.2, 0.25) is 0 Å². The number of alkyl halides is 1. The minimum absolute atomic E-state index is 0.152. The van der Waals surface area contributed by atoms with E-state index < -0.39 is 0 Å². The highest BCUT2D eigenvalue weighted by atomic mass is 79.9. The number of halogens is 1. The van der Waals surface area contributed by atoms with E-state index in [9.17, 15) is 0 Å². The molecule has 0 spiro atoms. The van der Waals surface area contributed by atoms with Gasteiger partial charge >= 0.3 is 0 Å². The van der Waals surface area contributed by atoms with Crippen LogP contribution in [0.1, 0.15) is 22.8 Å². The molecule has 0 aliphatic carbocycles. The predicted molar refractivity (Wildman–Crippen MR) is 87.9 cm³/mol. The molecule has 0 bridgehead atoms. The number of fused-ring (bicyclic) bond motifs is 2. The summed E-state index contributed by atoms with van der Waals surface area (Å²) in [7, 11) is 0. The van der Waals surface area contributed by atoms with E-state index in [2.05, 4.69) is 65.3 Å². The Labute approximate surface area is 132 Å². The normalized spacial score (nSPS) is 17.2. The Balaban J connectivity index is 2.02. The molecule has 3 heteroatoms. The molecule has 3 rings (SSSR count). The van der Waals surface area contributed by atoms with Crippen molar-refractivity contribution in [1.82, 2.24) is 0 Å². The first-order valence-electron chi connectivity index (χ1n) is 6.82. The monoisotopic (exact) mass is 348 g/mol. The van der Waals surface area contributed by atoms with Gasteiger partial charge in [0, 0.05) is 21.5 Å². The predicted octanol–water partition coefficient (Wildman–Crippen LogP) is 5.15. The highest BCUT2D eigenvalue weighted by molar-refractivity contribution is 9.09. The van der Waals surface area contributed by atoms with Gasteiger partial charge in [0.05, 0.1) is 12.7 Å². The molecule has 20 heavy (non-hydrogen) atoms. The van der Waals surface area contributed by atoms with Crippen molar-refractivity contribution in [3.05, 3.63) is 59.2 Å². The van der Waals surface area contributed by atoms with E-state index in [1.165, 1.54) is 26.5 Å². The fraction of sp³-hybridized carbons (Fsp3) is 0.294. The molecule has 0 fully saturated rings. The zero-order chi connectivity index (χ0) is 13.9. The first kappa shape index (κ1) is 14.2. The summed E-state index contributed by atoms with van der Waals surface area (Å²) in [6.45, 7) is 2.89. The lowest BCUT2D eigenvalue weighted by Crippen LogP contribution is -2.09. The maximum Gasteiger partial charge on any atom is 0.0876 e. The van der Waals surface area contributed by atoms with Crippen molar-refractivity contribution < 1.29 is 4.74 Å². The minimum Gasteiger partial charge on any atom is -0.372 e. The molecule has 1 unspecified atom stereocenters. The van der Waals surface area contributed by atoms with Crippen molar-refractivity contribution >= 4 is 27.7 Å². The maximum atomic E-state index is 6.08. The molecule has 1 aliphatic heterocycles. The summed E-state index contributed by atoms with van der Waals surface area (Å²) in [4.78, 5) is 2.67. The molecular formula is C17H17BrOS. The van der Waals surface area contributed by atoms with Crippen LogP contribution in [0, 0.1) is 6.92 Å². The zero-order valence-corrected chi connectivity index (χ0v) is 13.8. The van der Waals surface area contributed by atoms with Crippen LogP contribution in [-0.2, 0) is 11.2 Å². The lowest BCUT2D eigenvalue weighted by molar-refractivity contribution is 0.0634. The lowest BCUT2D eigenvalue weighted by atomic mass is 10.00. The Morgan fingerprint density at radius 3 is 2.90 bits per heavy atom. The average Bonchev–Trinajstić information content (AvgIpc) is 2.61. The summed E-state index contributed by atoms with van der Waals surface area (Å²) in [5.41, 5.74) is 4.02. The SMILES string of the molecule is Cc1ccc2c(c1)CC(OCCBr)c1ccccc1S2. The summed E-state index contributed by atoms with van der Waals surface area (Å²) in [6, 6.07) is 15.3. The third-order valence-electron chi connectivity index (χ3n) is 3.50. The van der Waals surface area contributed by atoms with E-state index in [1.807, 2.05) is 11.8 Å². The fourth-order valence-corrected chi connectivity index (χ4v) is 3.87. The average molecular weight is 349 g/mol. The van der Waals surface area contributed by atoms with E-state index in [1.54, 1.807) is 0 Å². The molecule has 1 nitrogen and oxygen atoms in total. The molecule has 2 aromatic rings. The maximum absolute atomic E-state index is 6.08. The molecule has 1 heterocycles. The van der Waals surface area contributed by atoms with Gasteiger partial charge in [-0.25, -0.2) is 0 Å². The Morgan fingerprint density at radius 1 is 1.20 bits per heavy atom. The largest absolute Gasteiger partial charge is 0.372 e. The molecule has 0 radical (unpaired) electrons. The Hall–Kier alpha value is -0.770. The van der Waals surface area contributed by atoms with E-state index in [0.717, 1.165) is 18.4 Å². The summed E-state index contributed by atoms with van der Waals surface area (Å²) in [6.07, 6.45) is 1.10. The van der Waals surface area contributed by atoms with Gasteiger partial charge < -0.3 is 4.74 Å². The third kappa shape index (κ3) is 2.95. The van der Waals surface area contributed by atoms with Crippen LogP contribution < -0.4 is 0 Å². The second kappa shape index (κ2) is 6.33. The Morgan fingerprint density at radius 2 is 2.05 bits per heavy atom. The van der Waals surface area contributed by atoms with Gasteiger partial charge in [-0.15, -0.1) is 0 Å². The van der Waals surface area contributed by atoms with Crippen LogP contribution in [0.5, 0.6) is 0 Å². The van der Waals surface area contributed by atoms with Gasteiger partial charge in [0.2, 0.25) is 0 Å². The molecular weight excluding hydrogens is 332 g/mol. The van der Waals surface area contributed by atoms with E-state index in [4.69, 9.17) is 4.74 Å². The summed E-state index contributed by atoms with van der Waals surface area (Å²) in [5, 5.41) is 0.874. The second-order valence-corrected chi connectivity index (χ2v) is 6.88. The van der Waals surface area contributed by atoms with Gasteiger partial charge in [0.1, 0.15) is 0 Å². The Kier molecular flexibility index (Phi) is 4.49. The van der Waals surface area contributed by atoms with Crippen LogP contribution in [0.15, 0.2) is 52.3 Å². The summed E-state index contributed by atoms with van der Waals surface area (Å²) in [5.74, 6) is 0. The number of aryl methyl sites for hydroxylation is 1. The number of rotatable bonds is 3. The highest BCUT2D eigenvalue weighted by Gasteiger charge is 2.22. The van der Waals surface area contributed by atoms with Gasteiger partial charge in [0.25, 0.3) is 0 Å². The van der Waals surface area contributed by atoms with Crippen LogP contribution in [0.4, 0.5) is 0 Å². The van der Waals surface area contributed by atoms with Gasteiger partial charge in [-0.05, 0) is 30.2 Å². The van der Waals surface area contributed by atoms with Crippen molar-refractivity contribution in [2.75, 3.05) is 11.9 Å². The lowest BCUT2D eigenvalue weighted by Gasteiger charge is -2.18. The van der Waals surface area contributed by atoms with Gasteiger partial charge in [-0.3, -0.25) is 0 Å². The minimum atomic E-state index is 0.152. The van der Waals surface area contributed by atoms with Crippen LogP contribution >= 0.6 is 27.7 Å². The van der Waals surface area contributed by atoms with Gasteiger partial charge in [0.15, 0.2) is 0 Å². The third-order valence-corrected chi connectivity index (χ3v) is 5.04. The molecule has 0 N–H and O–H groups in total. The molecule has 2 aromatic carbocycles. The van der Waals surface area contributed by atoms with E-state index in [0.29, 0.717) is 0 Å². The van der Waals surface area contributed by atoms with Crippen molar-refractivity contribution in [2.24, 2.45) is 0 Å². The van der Waals surface area contributed by atoms with Gasteiger partial charge in [-0.2, -0.15) is 0 Å². The molecule has 0 saturated heterocycles. The van der Waals surface area contributed by atoms with Gasteiger partial charge in [-0.1, -0.05) is 63.6 Å². The number of ether oxygens (including phenoxy) is 1. The first-order valence-corrected chi connectivity index (χ1v) is 8.75. The number of hydrogen-bond donors (Lipinski definition) is 0. The quantitative estimate of drug-likeness (QED) is 0.709. The molecule has 104 valence electrons. The Bertz CT molecular complexity index is 612. The van der Waals surface area contributed by atoms with E-state index in [-0.39, 0.29) is 6.10 Å². The topological polar surface area (TPSA) is 9.23 Å². The second-order valence-electron chi connectivity index (χ2n) is 5.00. The van der Waals surface area contributed by atoms with Crippen LogP contribution in [0.25, 0.3) is 0 Å². The molecule has 1 aliphatic rings. The molecule has 0 amide bonds. The first-order chi connectivity index (χ1) is 9.78. The van der Waals surface area contributed by atoms with E-state index >= 15 is 0 Å². The molecule has 1 atom stereocenters. The highest BCUT2D eigenvalue weighted by Crippen LogP contribution is 2.42. The van der Waals surface area contributed by atoms with Crippen LogP contribution in [-0.4, -0.2) is 11.9 Å². The smallest absolute Gasteiger partial charge is 0.0876 e. The summed E-state index contributed by atoms with van der Waals surface area (Å²) < 4.78 is 6.08. The molecule has 0 saturated carbocycles. The van der Waals surface area contributed by atoms with Crippen molar-refractivity contribution in [3.8, 4) is 0 Å². The zero-order valence-electron chi connectivity index (χ0n) is 11.4. The number of hydrogen-bond acceptors (Lipinski definition) is 2. The fourth-order valence-electron chi connectivity index (χ4n) is 2.57. The number of benzene rings is 2. The molecule has 0 aromatic heterocycles.